The van der Waals surface area contributed by atoms with E-state index in [9.17, 15) is 13.2 Å². The largest absolute Gasteiger partial charge is 0.445 e. The summed E-state index contributed by atoms with van der Waals surface area (Å²) in [4.78, 5) is 11.8. The lowest BCUT2D eigenvalue weighted by Gasteiger charge is -2.14. The molecule has 0 saturated carbocycles. The standard InChI is InChI=1S/C18H21NO5S/c1-14(19-18(20)23-13-16-6-4-3-5-7-16)12-15-8-10-17(11-9-15)24-25(2,21)22/h3-11,14H,12-13H2,1-2H3,(H,19,20)/t14-/m1/s1. The lowest BCUT2D eigenvalue weighted by Crippen LogP contribution is -2.34. The Morgan fingerprint density at radius 2 is 1.68 bits per heavy atom. The van der Waals surface area contributed by atoms with Gasteiger partial charge in [0.1, 0.15) is 12.4 Å². The summed E-state index contributed by atoms with van der Waals surface area (Å²) in [6.45, 7) is 2.08. The average molecular weight is 363 g/mol. The topological polar surface area (TPSA) is 81.7 Å². The van der Waals surface area contributed by atoms with Crippen LogP contribution in [0, 0.1) is 0 Å². The predicted octanol–water partition coefficient (Wildman–Crippen LogP) is 2.88. The van der Waals surface area contributed by atoms with Crippen LogP contribution < -0.4 is 9.50 Å². The van der Waals surface area contributed by atoms with E-state index in [1.165, 1.54) is 0 Å². The molecule has 0 aliphatic heterocycles. The summed E-state index contributed by atoms with van der Waals surface area (Å²) in [5.74, 6) is 0.258. The quantitative estimate of drug-likeness (QED) is 0.765. The Labute approximate surface area is 147 Å². The van der Waals surface area contributed by atoms with Gasteiger partial charge in [0.05, 0.1) is 6.26 Å². The molecule has 0 radical (unpaired) electrons. The maximum atomic E-state index is 11.8. The Morgan fingerprint density at radius 1 is 1.04 bits per heavy atom. The van der Waals surface area contributed by atoms with Gasteiger partial charge in [0, 0.05) is 6.04 Å². The van der Waals surface area contributed by atoms with E-state index in [2.05, 4.69) is 5.32 Å². The average Bonchev–Trinajstić information content (AvgIpc) is 2.54. The van der Waals surface area contributed by atoms with Crippen molar-refractivity contribution in [2.75, 3.05) is 6.26 Å². The lowest BCUT2D eigenvalue weighted by molar-refractivity contribution is 0.136. The second kappa shape index (κ2) is 8.53. The molecule has 0 unspecified atom stereocenters. The molecule has 2 rings (SSSR count). The number of amides is 1. The fourth-order valence-electron chi connectivity index (χ4n) is 2.23. The van der Waals surface area contributed by atoms with Gasteiger partial charge in [-0.15, -0.1) is 0 Å². The van der Waals surface area contributed by atoms with Crippen molar-refractivity contribution in [1.82, 2.24) is 5.32 Å². The van der Waals surface area contributed by atoms with Gasteiger partial charge in [0.25, 0.3) is 0 Å². The van der Waals surface area contributed by atoms with Crippen LogP contribution in [-0.2, 0) is 27.9 Å². The van der Waals surface area contributed by atoms with Crippen molar-refractivity contribution in [3.8, 4) is 5.75 Å². The summed E-state index contributed by atoms with van der Waals surface area (Å²) in [6, 6.07) is 16.0. The number of hydrogen-bond acceptors (Lipinski definition) is 5. The second-order valence-corrected chi connectivity index (χ2v) is 7.32. The first-order chi connectivity index (χ1) is 11.8. The molecule has 0 saturated heterocycles. The highest BCUT2D eigenvalue weighted by Gasteiger charge is 2.10. The Kier molecular flexibility index (Phi) is 6.41. The summed E-state index contributed by atoms with van der Waals surface area (Å²) in [5, 5.41) is 2.76. The maximum Gasteiger partial charge on any atom is 0.407 e. The second-order valence-electron chi connectivity index (χ2n) is 5.74. The molecule has 2 aromatic rings. The summed E-state index contributed by atoms with van der Waals surface area (Å²) in [6.07, 6.45) is 1.10. The first-order valence-electron chi connectivity index (χ1n) is 7.77. The minimum Gasteiger partial charge on any atom is -0.445 e. The zero-order valence-electron chi connectivity index (χ0n) is 14.1. The minimum atomic E-state index is -3.53. The van der Waals surface area contributed by atoms with Crippen molar-refractivity contribution in [1.29, 1.82) is 0 Å². The van der Waals surface area contributed by atoms with Gasteiger partial charge in [-0.1, -0.05) is 42.5 Å². The normalized spacial score (nSPS) is 12.2. The van der Waals surface area contributed by atoms with Crippen LogP contribution in [0.1, 0.15) is 18.1 Å². The van der Waals surface area contributed by atoms with Crippen molar-refractivity contribution in [3.63, 3.8) is 0 Å². The maximum absolute atomic E-state index is 11.8. The van der Waals surface area contributed by atoms with E-state index in [4.69, 9.17) is 8.92 Å². The number of alkyl carbamates (subject to hydrolysis) is 1. The molecular weight excluding hydrogens is 342 g/mol. The molecule has 0 aliphatic rings. The third kappa shape index (κ3) is 7.26. The highest BCUT2D eigenvalue weighted by molar-refractivity contribution is 7.86. The van der Waals surface area contributed by atoms with Crippen LogP contribution >= 0.6 is 0 Å². The Balaban J connectivity index is 1.79. The van der Waals surface area contributed by atoms with Crippen LogP contribution in [0.5, 0.6) is 5.75 Å². The third-order valence-corrected chi connectivity index (χ3v) is 3.79. The Bertz CT molecular complexity index is 788. The van der Waals surface area contributed by atoms with E-state index in [-0.39, 0.29) is 18.4 Å². The van der Waals surface area contributed by atoms with E-state index < -0.39 is 16.2 Å². The van der Waals surface area contributed by atoms with Crippen molar-refractivity contribution < 1.29 is 22.1 Å². The molecule has 1 atom stereocenters. The van der Waals surface area contributed by atoms with E-state index in [0.29, 0.717) is 6.42 Å². The fourth-order valence-corrected chi connectivity index (χ4v) is 2.69. The lowest BCUT2D eigenvalue weighted by atomic mass is 10.1. The molecule has 134 valence electrons. The molecule has 0 spiro atoms. The van der Waals surface area contributed by atoms with E-state index in [0.717, 1.165) is 17.4 Å². The number of nitrogens with one attached hydrogen (secondary N) is 1. The highest BCUT2D eigenvalue weighted by atomic mass is 32.2. The van der Waals surface area contributed by atoms with Crippen LogP contribution in [0.15, 0.2) is 54.6 Å². The molecule has 6 nitrogen and oxygen atoms in total. The van der Waals surface area contributed by atoms with E-state index in [1.54, 1.807) is 24.3 Å². The van der Waals surface area contributed by atoms with Crippen LogP contribution in [0.2, 0.25) is 0 Å². The number of carbonyl (C=O) groups is 1. The van der Waals surface area contributed by atoms with Gasteiger partial charge in [-0.3, -0.25) is 0 Å². The van der Waals surface area contributed by atoms with Crippen molar-refractivity contribution >= 4 is 16.2 Å². The van der Waals surface area contributed by atoms with Gasteiger partial charge < -0.3 is 14.2 Å². The monoisotopic (exact) mass is 363 g/mol. The Morgan fingerprint density at radius 3 is 2.28 bits per heavy atom. The number of ether oxygens (including phenoxy) is 1. The molecule has 0 aliphatic carbocycles. The number of hydrogen-bond donors (Lipinski definition) is 1. The predicted molar refractivity (Wildman–Crippen MR) is 94.8 cm³/mol. The first-order valence-corrected chi connectivity index (χ1v) is 9.59. The molecule has 2 aromatic carbocycles. The molecule has 0 fully saturated rings. The summed E-state index contributed by atoms with van der Waals surface area (Å²) in [5.41, 5.74) is 1.86. The van der Waals surface area contributed by atoms with Gasteiger partial charge >= 0.3 is 16.2 Å². The first kappa shape index (κ1) is 18.8. The molecule has 0 heterocycles. The minimum absolute atomic E-state index is 0.134. The molecule has 1 N–H and O–H groups in total. The van der Waals surface area contributed by atoms with Crippen LogP contribution in [-0.4, -0.2) is 26.8 Å². The zero-order chi connectivity index (χ0) is 18.3. The SMILES string of the molecule is C[C@H](Cc1ccc(OS(C)(=O)=O)cc1)NC(=O)OCc1ccccc1. The van der Waals surface area contributed by atoms with Crippen molar-refractivity contribution in [2.24, 2.45) is 0 Å². The third-order valence-electron chi connectivity index (χ3n) is 3.29. The fraction of sp³-hybridized carbons (Fsp3) is 0.278. The van der Waals surface area contributed by atoms with Crippen molar-refractivity contribution in [3.05, 3.63) is 65.7 Å². The van der Waals surface area contributed by atoms with E-state index >= 15 is 0 Å². The summed E-state index contributed by atoms with van der Waals surface area (Å²) < 4.78 is 32.1. The molecule has 1 amide bonds. The van der Waals surface area contributed by atoms with Crippen LogP contribution in [0.4, 0.5) is 4.79 Å². The summed E-state index contributed by atoms with van der Waals surface area (Å²) >= 11 is 0. The Hall–Kier alpha value is -2.54. The molecular formula is C18H21NO5S. The van der Waals surface area contributed by atoms with Gasteiger partial charge in [-0.05, 0) is 36.6 Å². The van der Waals surface area contributed by atoms with Gasteiger partial charge in [0.2, 0.25) is 0 Å². The highest BCUT2D eigenvalue weighted by Crippen LogP contribution is 2.15. The summed E-state index contributed by atoms with van der Waals surface area (Å²) in [7, 11) is -3.53. The number of benzene rings is 2. The smallest absolute Gasteiger partial charge is 0.407 e. The molecule has 25 heavy (non-hydrogen) atoms. The van der Waals surface area contributed by atoms with E-state index in [1.807, 2.05) is 37.3 Å². The number of rotatable bonds is 7. The zero-order valence-corrected chi connectivity index (χ0v) is 15.0. The molecule has 7 heteroatoms. The molecule has 0 bridgehead atoms. The van der Waals surface area contributed by atoms with Crippen LogP contribution in [0.3, 0.4) is 0 Å². The van der Waals surface area contributed by atoms with Gasteiger partial charge in [0.15, 0.2) is 0 Å². The van der Waals surface area contributed by atoms with Crippen LogP contribution in [0.25, 0.3) is 0 Å². The van der Waals surface area contributed by atoms with Gasteiger partial charge in [-0.2, -0.15) is 8.42 Å². The molecule has 0 aromatic heterocycles. The number of carbonyl (C=O) groups excluding carboxylic acids is 1. The van der Waals surface area contributed by atoms with Gasteiger partial charge in [-0.25, -0.2) is 4.79 Å². The van der Waals surface area contributed by atoms with Crippen molar-refractivity contribution in [2.45, 2.75) is 26.0 Å².